The Kier molecular flexibility index (Phi) is 7.57. The molecule has 2 aromatic rings. The van der Waals surface area contributed by atoms with E-state index in [4.69, 9.17) is 4.74 Å². The van der Waals surface area contributed by atoms with E-state index in [9.17, 15) is 9.59 Å². The van der Waals surface area contributed by atoms with Crippen LogP contribution in [0.1, 0.15) is 17.5 Å². The molecule has 0 bridgehead atoms. The first-order valence-corrected chi connectivity index (χ1v) is 10.0. The summed E-state index contributed by atoms with van der Waals surface area (Å²) in [6, 6.07) is 11.1. The highest BCUT2D eigenvalue weighted by Crippen LogP contribution is 2.19. The Morgan fingerprint density at radius 3 is 2.93 bits per heavy atom. The predicted molar refractivity (Wildman–Crippen MR) is 116 cm³/mol. The van der Waals surface area contributed by atoms with Gasteiger partial charge in [-0.25, -0.2) is 0 Å². The van der Waals surface area contributed by atoms with Crippen molar-refractivity contribution in [3.63, 3.8) is 0 Å². The zero-order chi connectivity index (χ0) is 21.3. The minimum Gasteiger partial charge on any atom is -0.496 e. The molecular formula is C23H28N4O3. The van der Waals surface area contributed by atoms with Gasteiger partial charge in [0.25, 0.3) is 0 Å². The molecule has 30 heavy (non-hydrogen) atoms. The van der Waals surface area contributed by atoms with Crippen molar-refractivity contribution in [1.82, 2.24) is 20.1 Å². The number of hydrogen-bond donors (Lipinski definition) is 1. The number of piperazine rings is 1. The molecule has 7 heteroatoms. The number of amides is 2. The zero-order valence-corrected chi connectivity index (χ0v) is 17.5. The molecule has 1 aromatic carbocycles. The van der Waals surface area contributed by atoms with Crippen LogP contribution in [0.15, 0.2) is 54.9 Å². The van der Waals surface area contributed by atoms with Crippen LogP contribution in [0.5, 0.6) is 5.75 Å². The summed E-state index contributed by atoms with van der Waals surface area (Å²) in [5, 5.41) is 2.88. The largest absolute Gasteiger partial charge is 0.496 e. The molecule has 0 saturated carbocycles. The van der Waals surface area contributed by atoms with Crippen LogP contribution in [0.3, 0.4) is 0 Å². The predicted octanol–water partition coefficient (Wildman–Crippen LogP) is 1.95. The molecule has 0 radical (unpaired) electrons. The number of nitrogens with one attached hydrogen (secondary N) is 1. The Morgan fingerprint density at radius 2 is 2.17 bits per heavy atom. The van der Waals surface area contributed by atoms with Gasteiger partial charge in [0.05, 0.1) is 19.6 Å². The molecule has 1 N–H and O–H groups in total. The molecule has 0 spiro atoms. The molecule has 1 saturated heterocycles. The van der Waals surface area contributed by atoms with E-state index in [-0.39, 0.29) is 18.2 Å². The van der Waals surface area contributed by atoms with Crippen LogP contribution >= 0.6 is 0 Å². The van der Waals surface area contributed by atoms with Crippen LogP contribution in [0, 0.1) is 0 Å². The van der Waals surface area contributed by atoms with Crippen LogP contribution in [-0.4, -0.2) is 66.4 Å². The van der Waals surface area contributed by atoms with E-state index in [1.54, 1.807) is 31.5 Å². The SMILES string of the molecule is COc1ccccc1C=CCN1CCNC(=O)C1CC(=O)N(C)Cc1cccnc1. The molecular weight excluding hydrogens is 380 g/mol. The fraction of sp³-hybridized carbons (Fsp3) is 0.348. The molecule has 158 valence electrons. The maximum Gasteiger partial charge on any atom is 0.237 e. The maximum atomic E-state index is 12.7. The van der Waals surface area contributed by atoms with Gasteiger partial charge >= 0.3 is 0 Å². The number of rotatable bonds is 8. The molecule has 1 fully saturated rings. The molecule has 1 aliphatic heterocycles. The van der Waals surface area contributed by atoms with Crippen LogP contribution in [0.2, 0.25) is 0 Å². The second kappa shape index (κ2) is 10.5. The summed E-state index contributed by atoms with van der Waals surface area (Å²) in [5.41, 5.74) is 1.93. The number of nitrogens with zero attached hydrogens (tertiary/aromatic N) is 3. The number of para-hydroxylation sites is 1. The third kappa shape index (κ3) is 5.67. The van der Waals surface area contributed by atoms with E-state index in [1.807, 2.05) is 53.5 Å². The lowest BCUT2D eigenvalue weighted by molar-refractivity contribution is -0.138. The van der Waals surface area contributed by atoms with E-state index in [0.29, 0.717) is 26.2 Å². The zero-order valence-electron chi connectivity index (χ0n) is 17.5. The summed E-state index contributed by atoms with van der Waals surface area (Å²) < 4.78 is 5.37. The van der Waals surface area contributed by atoms with Gasteiger partial charge in [0.15, 0.2) is 0 Å². The van der Waals surface area contributed by atoms with Crippen molar-refractivity contribution >= 4 is 17.9 Å². The average molecular weight is 409 g/mol. The van der Waals surface area contributed by atoms with Gasteiger partial charge in [-0.05, 0) is 17.7 Å². The smallest absolute Gasteiger partial charge is 0.237 e. The van der Waals surface area contributed by atoms with E-state index < -0.39 is 6.04 Å². The van der Waals surface area contributed by atoms with Crippen molar-refractivity contribution in [2.45, 2.75) is 19.0 Å². The molecule has 1 aliphatic rings. The Labute approximate surface area is 177 Å². The van der Waals surface area contributed by atoms with Gasteiger partial charge in [-0.3, -0.25) is 19.5 Å². The highest BCUT2D eigenvalue weighted by molar-refractivity contribution is 5.88. The van der Waals surface area contributed by atoms with Crippen LogP contribution < -0.4 is 10.1 Å². The molecule has 2 amide bonds. The fourth-order valence-corrected chi connectivity index (χ4v) is 3.50. The highest BCUT2D eigenvalue weighted by Gasteiger charge is 2.31. The number of ether oxygens (including phenoxy) is 1. The third-order valence-corrected chi connectivity index (χ3v) is 5.15. The third-order valence-electron chi connectivity index (χ3n) is 5.15. The highest BCUT2D eigenvalue weighted by atomic mass is 16.5. The summed E-state index contributed by atoms with van der Waals surface area (Å²) in [5.74, 6) is 0.628. The topological polar surface area (TPSA) is 74.8 Å². The van der Waals surface area contributed by atoms with Gasteiger partial charge in [0.1, 0.15) is 5.75 Å². The van der Waals surface area contributed by atoms with Crippen LogP contribution in [0.4, 0.5) is 0 Å². The van der Waals surface area contributed by atoms with Gasteiger partial charge in [0, 0.05) is 51.2 Å². The number of hydrogen-bond acceptors (Lipinski definition) is 5. The van der Waals surface area contributed by atoms with Gasteiger partial charge in [-0.15, -0.1) is 0 Å². The van der Waals surface area contributed by atoms with Gasteiger partial charge in [-0.2, -0.15) is 0 Å². The maximum absolute atomic E-state index is 12.7. The molecule has 1 unspecified atom stereocenters. The number of pyridine rings is 1. The Hall–Kier alpha value is -3.19. The minimum atomic E-state index is -0.482. The number of carbonyl (C=O) groups excluding carboxylic acids is 2. The Bertz CT molecular complexity index is 885. The van der Waals surface area contributed by atoms with E-state index in [0.717, 1.165) is 16.9 Å². The van der Waals surface area contributed by atoms with Crippen LogP contribution in [-0.2, 0) is 16.1 Å². The number of methoxy groups -OCH3 is 1. The minimum absolute atomic E-state index is 0.0698. The van der Waals surface area contributed by atoms with Crippen molar-refractivity contribution in [3.05, 3.63) is 66.0 Å². The first-order valence-electron chi connectivity index (χ1n) is 10.0. The van der Waals surface area contributed by atoms with Crippen molar-refractivity contribution in [3.8, 4) is 5.75 Å². The molecule has 7 nitrogen and oxygen atoms in total. The molecule has 0 aliphatic carbocycles. The molecule has 1 aromatic heterocycles. The quantitative estimate of drug-likeness (QED) is 0.723. The summed E-state index contributed by atoms with van der Waals surface area (Å²) in [6.45, 7) is 2.33. The van der Waals surface area contributed by atoms with E-state index >= 15 is 0 Å². The van der Waals surface area contributed by atoms with Crippen molar-refractivity contribution in [1.29, 1.82) is 0 Å². The standard InChI is InChI=1S/C23H28N4O3/c1-26(17-18-7-5-11-24-16-18)22(28)15-20-23(29)25-12-14-27(20)13-6-9-19-8-3-4-10-21(19)30-2/h3-11,16,20H,12-15,17H2,1-2H3,(H,25,29). The normalized spacial score (nSPS) is 17.0. The average Bonchev–Trinajstić information content (AvgIpc) is 2.76. The van der Waals surface area contributed by atoms with Gasteiger partial charge in [-0.1, -0.05) is 36.4 Å². The van der Waals surface area contributed by atoms with Crippen LogP contribution in [0.25, 0.3) is 6.08 Å². The lowest BCUT2D eigenvalue weighted by atomic mass is 10.1. The summed E-state index contributed by atoms with van der Waals surface area (Å²) in [4.78, 5) is 33.0. The number of aromatic nitrogens is 1. The Balaban J connectivity index is 1.62. The Morgan fingerprint density at radius 1 is 1.33 bits per heavy atom. The lowest BCUT2D eigenvalue weighted by Gasteiger charge is -2.34. The van der Waals surface area contributed by atoms with E-state index in [1.165, 1.54) is 0 Å². The first-order chi connectivity index (χ1) is 14.6. The first kappa shape index (κ1) is 21.5. The second-order valence-corrected chi connectivity index (χ2v) is 7.26. The second-order valence-electron chi connectivity index (χ2n) is 7.26. The van der Waals surface area contributed by atoms with Gasteiger partial charge < -0.3 is 15.0 Å². The molecule has 2 heterocycles. The fourth-order valence-electron chi connectivity index (χ4n) is 3.50. The monoisotopic (exact) mass is 408 g/mol. The number of benzene rings is 1. The number of carbonyl (C=O) groups is 2. The van der Waals surface area contributed by atoms with Gasteiger partial charge in [0.2, 0.25) is 11.8 Å². The molecule has 1 atom stereocenters. The molecule has 3 rings (SSSR count). The summed E-state index contributed by atoms with van der Waals surface area (Å²) in [6.07, 6.45) is 7.58. The van der Waals surface area contributed by atoms with Crippen molar-refractivity contribution in [2.24, 2.45) is 0 Å². The summed E-state index contributed by atoms with van der Waals surface area (Å²) in [7, 11) is 3.40. The van der Waals surface area contributed by atoms with Crippen molar-refractivity contribution < 1.29 is 14.3 Å². The van der Waals surface area contributed by atoms with Crippen molar-refractivity contribution in [2.75, 3.05) is 33.8 Å². The van der Waals surface area contributed by atoms with E-state index in [2.05, 4.69) is 10.3 Å². The lowest BCUT2D eigenvalue weighted by Crippen LogP contribution is -2.56. The summed E-state index contributed by atoms with van der Waals surface area (Å²) >= 11 is 0.